The first-order valence-electron chi connectivity index (χ1n) is 8.20. The standard InChI is InChI=1S/C17H22ClN3O4S/c1-26-6-5-13(10-22)19-15(23)8-14-16(24)21(17(25)20-14)9-11-3-2-4-12(18)7-11/h2-4,7,13-14,22H,5-6,8-10H2,1H3,(H,19,23)(H,20,25)/t13-,14+/m0/s1. The Morgan fingerprint density at radius 3 is 2.88 bits per heavy atom. The van der Waals surface area contributed by atoms with Crippen LogP contribution in [0.5, 0.6) is 0 Å². The number of rotatable bonds is 9. The molecule has 2 rings (SSSR count). The second kappa shape index (κ2) is 9.80. The van der Waals surface area contributed by atoms with E-state index in [0.29, 0.717) is 11.4 Å². The maximum Gasteiger partial charge on any atom is 0.325 e. The van der Waals surface area contributed by atoms with Crippen LogP contribution in [0, 0.1) is 0 Å². The molecule has 0 aliphatic carbocycles. The zero-order valence-electron chi connectivity index (χ0n) is 14.4. The van der Waals surface area contributed by atoms with Crippen LogP contribution in [0.15, 0.2) is 24.3 Å². The van der Waals surface area contributed by atoms with Crippen molar-refractivity contribution < 1.29 is 19.5 Å². The molecule has 1 heterocycles. The van der Waals surface area contributed by atoms with E-state index in [4.69, 9.17) is 11.6 Å². The quantitative estimate of drug-likeness (QED) is 0.545. The average molecular weight is 400 g/mol. The minimum Gasteiger partial charge on any atom is -0.394 e. The van der Waals surface area contributed by atoms with Crippen molar-refractivity contribution >= 4 is 41.2 Å². The lowest BCUT2D eigenvalue weighted by Crippen LogP contribution is -2.42. The van der Waals surface area contributed by atoms with E-state index in [1.54, 1.807) is 36.0 Å². The van der Waals surface area contributed by atoms with Gasteiger partial charge in [0.25, 0.3) is 5.91 Å². The molecular formula is C17H22ClN3O4S. The predicted molar refractivity (Wildman–Crippen MR) is 101 cm³/mol. The summed E-state index contributed by atoms with van der Waals surface area (Å²) in [6.07, 6.45) is 2.42. The molecule has 142 valence electrons. The van der Waals surface area contributed by atoms with Crippen LogP contribution in [-0.2, 0) is 16.1 Å². The third-order valence-corrected chi connectivity index (χ3v) is 4.86. The number of thioether (sulfide) groups is 1. The molecule has 0 aromatic heterocycles. The molecule has 0 radical (unpaired) electrons. The van der Waals surface area contributed by atoms with Gasteiger partial charge in [0.15, 0.2) is 0 Å². The number of amides is 4. The highest BCUT2D eigenvalue weighted by Gasteiger charge is 2.39. The minimum absolute atomic E-state index is 0.0936. The van der Waals surface area contributed by atoms with E-state index in [9.17, 15) is 19.5 Å². The molecular weight excluding hydrogens is 378 g/mol. The zero-order chi connectivity index (χ0) is 19.1. The second-order valence-electron chi connectivity index (χ2n) is 5.99. The van der Waals surface area contributed by atoms with Crippen molar-refractivity contribution in [2.24, 2.45) is 0 Å². The van der Waals surface area contributed by atoms with Gasteiger partial charge in [-0.3, -0.25) is 14.5 Å². The molecule has 26 heavy (non-hydrogen) atoms. The van der Waals surface area contributed by atoms with Crippen molar-refractivity contribution in [1.82, 2.24) is 15.5 Å². The van der Waals surface area contributed by atoms with E-state index in [0.717, 1.165) is 16.2 Å². The van der Waals surface area contributed by atoms with Gasteiger partial charge in [-0.2, -0.15) is 11.8 Å². The number of carbonyl (C=O) groups is 3. The number of hydrogen-bond acceptors (Lipinski definition) is 5. The molecule has 0 unspecified atom stereocenters. The Hall–Kier alpha value is -1.77. The number of carbonyl (C=O) groups excluding carboxylic acids is 3. The molecule has 4 amide bonds. The van der Waals surface area contributed by atoms with Gasteiger partial charge in [-0.15, -0.1) is 0 Å². The van der Waals surface area contributed by atoms with Gasteiger partial charge in [-0.05, 0) is 36.1 Å². The SMILES string of the molecule is CSCC[C@@H](CO)NC(=O)C[C@H]1NC(=O)N(Cc2cccc(Cl)c2)C1=O. The van der Waals surface area contributed by atoms with Gasteiger partial charge in [0.2, 0.25) is 5.91 Å². The van der Waals surface area contributed by atoms with Gasteiger partial charge in [0.05, 0.1) is 25.6 Å². The fourth-order valence-corrected chi connectivity index (χ4v) is 3.36. The van der Waals surface area contributed by atoms with Gasteiger partial charge in [-0.25, -0.2) is 4.79 Å². The lowest BCUT2D eigenvalue weighted by molar-refractivity contribution is -0.131. The summed E-state index contributed by atoms with van der Waals surface area (Å²) in [5, 5.41) is 15.0. The van der Waals surface area contributed by atoms with E-state index >= 15 is 0 Å². The molecule has 1 aromatic rings. The maximum absolute atomic E-state index is 12.4. The van der Waals surface area contributed by atoms with Gasteiger partial charge in [0.1, 0.15) is 6.04 Å². The summed E-state index contributed by atoms with van der Waals surface area (Å²) in [6.45, 7) is -0.0749. The van der Waals surface area contributed by atoms with Crippen molar-refractivity contribution in [2.75, 3.05) is 18.6 Å². The van der Waals surface area contributed by atoms with Crippen molar-refractivity contribution in [3.8, 4) is 0 Å². The van der Waals surface area contributed by atoms with Gasteiger partial charge >= 0.3 is 6.03 Å². The average Bonchev–Trinajstić information content (AvgIpc) is 2.86. The van der Waals surface area contributed by atoms with Crippen molar-refractivity contribution in [3.63, 3.8) is 0 Å². The fraction of sp³-hybridized carbons (Fsp3) is 0.471. The highest BCUT2D eigenvalue weighted by atomic mass is 35.5. The molecule has 1 aromatic carbocycles. The Morgan fingerprint density at radius 1 is 1.46 bits per heavy atom. The van der Waals surface area contributed by atoms with Crippen molar-refractivity contribution in [2.45, 2.75) is 31.5 Å². The minimum atomic E-state index is -0.901. The smallest absolute Gasteiger partial charge is 0.325 e. The second-order valence-corrected chi connectivity index (χ2v) is 7.41. The van der Waals surface area contributed by atoms with E-state index in [-0.39, 0.29) is 31.5 Å². The summed E-state index contributed by atoms with van der Waals surface area (Å²) in [4.78, 5) is 37.7. The van der Waals surface area contributed by atoms with Crippen LogP contribution in [0.25, 0.3) is 0 Å². The molecule has 9 heteroatoms. The molecule has 1 aliphatic rings. The number of benzene rings is 1. The molecule has 0 bridgehead atoms. The van der Waals surface area contributed by atoms with Crippen LogP contribution in [0.1, 0.15) is 18.4 Å². The number of urea groups is 1. The predicted octanol–water partition coefficient (Wildman–Crippen LogP) is 1.38. The number of nitrogens with zero attached hydrogens (tertiary/aromatic N) is 1. The summed E-state index contributed by atoms with van der Waals surface area (Å²) in [5.41, 5.74) is 0.725. The van der Waals surface area contributed by atoms with E-state index in [2.05, 4.69) is 10.6 Å². The first-order valence-corrected chi connectivity index (χ1v) is 9.97. The molecule has 0 saturated carbocycles. The lowest BCUT2D eigenvalue weighted by atomic mass is 10.1. The highest BCUT2D eigenvalue weighted by molar-refractivity contribution is 7.98. The number of hydrogen-bond donors (Lipinski definition) is 3. The largest absolute Gasteiger partial charge is 0.394 e. The summed E-state index contributed by atoms with van der Waals surface area (Å²) in [5.74, 6) is -0.0268. The van der Waals surface area contributed by atoms with E-state index in [1.165, 1.54) is 0 Å². The monoisotopic (exact) mass is 399 g/mol. The Labute approximate surface area is 161 Å². The Kier molecular flexibility index (Phi) is 7.74. The third kappa shape index (κ3) is 5.62. The molecule has 7 nitrogen and oxygen atoms in total. The number of nitrogens with one attached hydrogen (secondary N) is 2. The lowest BCUT2D eigenvalue weighted by Gasteiger charge is -2.17. The first-order chi connectivity index (χ1) is 12.4. The number of aliphatic hydroxyl groups is 1. The highest BCUT2D eigenvalue weighted by Crippen LogP contribution is 2.17. The van der Waals surface area contributed by atoms with Crippen LogP contribution in [-0.4, -0.2) is 58.6 Å². The number of imide groups is 1. The Morgan fingerprint density at radius 2 is 2.23 bits per heavy atom. The number of aliphatic hydroxyl groups excluding tert-OH is 1. The van der Waals surface area contributed by atoms with Crippen molar-refractivity contribution in [3.05, 3.63) is 34.9 Å². The summed E-state index contributed by atoms with van der Waals surface area (Å²) in [6, 6.07) is 5.10. The van der Waals surface area contributed by atoms with Crippen LogP contribution >= 0.6 is 23.4 Å². The van der Waals surface area contributed by atoms with Gasteiger partial charge < -0.3 is 15.7 Å². The molecule has 1 saturated heterocycles. The molecule has 0 spiro atoms. The third-order valence-electron chi connectivity index (χ3n) is 3.98. The Balaban J connectivity index is 1.92. The maximum atomic E-state index is 12.4. The summed E-state index contributed by atoms with van der Waals surface area (Å²) >= 11 is 7.54. The fourth-order valence-electron chi connectivity index (χ4n) is 2.62. The summed E-state index contributed by atoms with van der Waals surface area (Å²) in [7, 11) is 0. The summed E-state index contributed by atoms with van der Waals surface area (Å²) < 4.78 is 0. The van der Waals surface area contributed by atoms with Crippen LogP contribution < -0.4 is 10.6 Å². The Bertz CT molecular complexity index is 673. The van der Waals surface area contributed by atoms with Crippen LogP contribution in [0.2, 0.25) is 5.02 Å². The van der Waals surface area contributed by atoms with Gasteiger partial charge in [-0.1, -0.05) is 23.7 Å². The zero-order valence-corrected chi connectivity index (χ0v) is 16.0. The molecule has 3 N–H and O–H groups in total. The molecule has 1 fully saturated rings. The molecule has 2 atom stereocenters. The van der Waals surface area contributed by atoms with Crippen molar-refractivity contribution in [1.29, 1.82) is 0 Å². The first kappa shape index (κ1) is 20.5. The topological polar surface area (TPSA) is 98.7 Å². The molecule has 1 aliphatic heterocycles. The number of halogens is 1. The van der Waals surface area contributed by atoms with E-state index in [1.807, 2.05) is 6.26 Å². The van der Waals surface area contributed by atoms with Crippen LogP contribution in [0.3, 0.4) is 0 Å². The normalized spacial score (nSPS) is 18.0. The van der Waals surface area contributed by atoms with E-state index < -0.39 is 18.0 Å². The van der Waals surface area contributed by atoms with Gasteiger partial charge in [0, 0.05) is 5.02 Å². The van der Waals surface area contributed by atoms with Crippen LogP contribution in [0.4, 0.5) is 4.79 Å².